The summed E-state index contributed by atoms with van der Waals surface area (Å²) in [4.78, 5) is 12.4. The van der Waals surface area contributed by atoms with Crippen LogP contribution in [0, 0.1) is 20.8 Å². The third-order valence-electron chi connectivity index (χ3n) is 4.47. The number of aromatic nitrogens is 2. The van der Waals surface area contributed by atoms with E-state index in [1.165, 1.54) is 17.3 Å². The van der Waals surface area contributed by atoms with Crippen LogP contribution in [0.25, 0.3) is 0 Å². The number of hydrogen-bond donors (Lipinski definition) is 1. The van der Waals surface area contributed by atoms with Gasteiger partial charge in [-0.3, -0.25) is 4.79 Å². The third-order valence-corrected chi connectivity index (χ3v) is 5.29. The number of aryl methyl sites for hydroxylation is 3. The van der Waals surface area contributed by atoms with Crippen molar-refractivity contribution in [2.45, 2.75) is 32.1 Å². The van der Waals surface area contributed by atoms with Gasteiger partial charge in [-0.05, 0) is 44.0 Å². The summed E-state index contributed by atoms with van der Waals surface area (Å²) < 4.78 is 17.2. The van der Waals surface area contributed by atoms with E-state index in [9.17, 15) is 4.79 Å². The van der Waals surface area contributed by atoms with E-state index in [1.54, 1.807) is 0 Å². The van der Waals surface area contributed by atoms with Crippen molar-refractivity contribution in [2.24, 2.45) is 0 Å². The molecule has 1 aromatic heterocycles. The van der Waals surface area contributed by atoms with Gasteiger partial charge in [0.25, 0.3) is 11.1 Å². The zero-order valence-electron chi connectivity index (χ0n) is 16.4. The highest BCUT2D eigenvalue weighted by atomic mass is 32.2. The lowest BCUT2D eigenvalue weighted by Gasteiger charge is -2.23. The summed E-state index contributed by atoms with van der Waals surface area (Å²) in [5, 5.41) is 11.3. The average Bonchev–Trinajstić information content (AvgIpc) is 3.18. The molecule has 2 aromatic carbocycles. The highest BCUT2D eigenvalue weighted by molar-refractivity contribution is 7.99. The first-order valence-electron chi connectivity index (χ1n) is 9.22. The largest absolute Gasteiger partial charge is 0.485 e. The number of para-hydroxylation sites is 2. The molecular weight excluding hydrogens is 390 g/mol. The molecule has 0 radical (unpaired) electrons. The normalized spacial score (nSPS) is 15.2. The van der Waals surface area contributed by atoms with E-state index < -0.39 is 6.10 Å². The van der Waals surface area contributed by atoms with E-state index in [0.717, 1.165) is 16.8 Å². The Labute approximate surface area is 172 Å². The Morgan fingerprint density at radius 1 is 1.14 bits per heavy atom. The van der Waals surface area contributed by atoms with Crippen molar-refractivity contribution in [3.05, 3.63) is 59.0 Å². The van der Waals surface area contributed by atoms with E-state index in [2.05, 4.69) is 15.5 Å². The van der Waals surface area contributed by atoms with Crippen molar-refractivity contribution < 1.29 is 18.7 Å². The molecule has 0 aliphatic carbocycles. The molecule has 0 saturated heterocycles. The van der Waals surface area contributed by atoms with Crippen molar-refractivity contribution in [3.63, 3.8) is 0 Å². The van der Waals surface area contributed by atoms with Crippen LogP contribution in [0.5, 0.6) is 11.5 Å². The van der Waals surface area contributed by atoms with Gasteiger partial charge in [-0.2, -0.15) is 0 Å². The molecule has 3 aromatic rings. The molecule has 1 aliphatic heterocycles. The number of hydrogen-bond acceptors (Lipinski definition) is 7. The lowest BCUT2D eigenvalue weighted by atomic mass is 10.1. The van der Waals surface area contributed by atoms with E-state index in [-0.39, 0.29) is 18.3 Å². The Hall–Kier alpha value is -3.00. The van der Waals surface area contributed by atoms with Crippen molar-refractivity contribution in [2.75, 3.05) is 17.7 Å². The summed E-state index contributed by atoms with van der Waals surface area (Å²) in [7, 11) is 0. The lowest BCUT2D eigenvalue weighted by Crippen LogP contribution is -2.21. The van der Waals surface area contributed by atoms with Gasteiger partial charge in [0.1, 0.15) is 6.61 Å². The molecule has 150 valence electrons. The number of carbonyl (C=O) groups is 1. The van der Waals surface area contributed by atoms with Gasteiger partial charge in [0, 0.05) is 5.69 Å². The summed E-state index contributed by atoms with van der Waals surface area (Å²) in [5.41, 5.74) is 4.09. The summed E-state index contributed by atoms with van der Waals surface area (Å²) in [6.07, 6.45) is -0.474. The Morgan fingerprint density at radius 3 is 2.62 bits per heavy atom. The van der Waals surface area contributed by atoms with Gasteiger partial charge in [-0.25, -0.2) is 0 Å². The van der Waals surface area contributed by atoms with E-state index >= 15 is 0 Å². The molecule has 0 unspecified atom stereocenters. The fraction of sp³-hybridized carbons (Fsp3) is 0.286. The van der Waals surface area contributed by atoms with Crippen LogP contribution in [0.2, 0.25) is 0 Å². The smallest absolute Gasteiger partial charge is 0.277 e. The number of thioether (sulfide) groups is 1. The molecule has 1 aliphatic rings. The van der Waals surface area contributed by atoms with Crippen LogP contribution >= 0.6 is 11.8 Å². The first kappa shape index (κ1) is 19.3. The van der Waals surface area contributed by atoms with Crippen LogP contribution in [0.4, 0.5) is 5.69 Å². The molecule has 1 N–H and O–H groups in total. The average molecular weight is 411 g/mol. The minimum atomic E-state index is -0.474. The van der Waals surface area contributed by atoms with Crippen LogP contribution in [0.3, 0.4) is 0 Å². The van der Waals surface area contributed by atoms with Crippen molar-refractivity contribution in [1.29, 1.82) is 0 Å². The molecule has 8 heteroatoms. The molecular formula is C21H21N3O4S. The summed E-state index contributed by atoms with van der Waals surface area (Å²) in [5.74, 6) is 1.69. The van der Waals surface area contributed by atoms with Gasteiger partial charge in [-0.15, -0.1) is 10.2 Å². The van der Waals surface area contributed by atoms with Crippen LogP contribution < -0.4 is 14.8 Å². The lowest BCUT2D eigenvalue weighted by molar-refractivity contribution is -0.113. The zero-order valence-corrected chi connectivity index (χ0v) is 17.2. The van der Waals surface area contributed by atoms with Gasteiger partial charge in [0.15, 0.2) is 11.5 Å². The van der Waals surface area contributed by atoms with Gasteiger partial charge in [-0.1, -0.05) is 41.6 Å². The Balaban J connectivity index is 1.35. The number of fused-ring (bicyclic) bond motifs is 1. The first-order chi connectivity index (χ1) is 14.0. The topological polar surface area (TPSA) is 86.5 Å². The van der Waals surface area contributed by atoms with Gasteiger partial charge >= 0.3 is 0 Å². The first-order valence-corrected chi connectivity index (χ1v) is 10.2. The molecule has 4 rings (SSSR count). The highest BCUT2D eigenvalue weighted by Gasteiger charge is 2.27. The molecule has 0 spiro atoms. The van der Waals surface area contributed by atoms with E-state index in [0.29, 0.717) is 22.6 Å². The molecule has 1 amide bonds. The summed E-state index contributed by atoms with van der Waals surface area (Å²) in [6, 6.07) is 11.5. The monoisotopic (exact) mass is 411 g/mol. The second-order valence-electron chi connectivity index (χ2n) is 6.88. The van der Waals surface area contributed by atoms with Crippen LogP contribution in [0.15, 0.2) is 46.0 Å². The SMILES string of the molecule is Cc1cc(C)c(NC(=O)CSc2nnc([C@@H]3COc4ccccc4O3)o2)c(C)c1. The van der Waals surface area contributed by atoms with Crippen LogP contribution in [0.1, 0.15) is 28.7 Å². The Bertz CT molecular complexity index is 1030. The van der Waals surface area contributed by atoms with Gasteiger partial charge < -0.3 is 19.2 Å². The maximum atomic E-state index is 12.4. The second-order valence-corrected chi connectivity index (χ2v) is 7.81. The minimum Gasteiger partial charge on any atom is -0.485 e. The van der Waals surface area contributed by atoms with Gasteiger partial charge in [0.2, 0.25) is 12.0 Å². The predicted molar refractivity (Wildman–Crippen MR) is 110 cm³/mol. The maximum Gasteiger partial charge on any atom is 0.277 e. The number of carbonyl (C=O) groups excluding carboxylic acids is 1. The number of ether oxygens (including phenoxy) is 2. The number of nitrogens with one attached hydrogen (secondary N) is 1. The van der Waals surface area contributed by atoms with Crippen molar-refractivity contribution in [1.82, 2.24) is 10.2 Å². The predicted octanol–water partition coefficient (Wildman–Crippen LogP) is 4.24. The number of benzene rings is 2. The minimum absolute atomic E-state index is 0.129. The Morgan fingerprint density at radius 2 is 1.86 bits per heavy atom. The molecule has 1 atom stereocenters. The number of nitrogens with zero attached hydrogens (tertiary/aromatic N) is 2. The van der Waals surface area contributed by atoms with Crippen LogP contribution in [-0.2, 0) is 4.79 Å². The molecule has 0 saturated carbocycles. The standard InChI is InChI=1S/C21H21N3O4S/c1-12-8-13(2)19(14(3)9-12)22-18(25)11-29-21-24-23-20(28-21)17-10-26-15-6-4-5-7-16(15)27-17/h4-9,17H,10-11H2,1-3H3,(H,22,25)/t17-/m0/s1. The molecule has 0 bridgehead atoms. The van der Waals surface area contributed by atoms with Crippen LogP contribution in [-0.4, -0.2) is 28.5 Å². The number of rotatable bonds is 5. The number of anilines is 1. The fourth-order valence-electron chi connectivity index (χ4n) is 3.23. The van der Waals surface area contributed by atoms with Crippen molar-refractivity contribution >= 4 is 23.4 Å². The molecule has 29 heavy (non-hydrogen) atoms. The Kier molecular flexibility index (Phi) is 5.44. The molecule has 7 nitrogen and oxygen atoms in total. The maximum absolute atomic E-state index is 12.4. The fourth-order valence-corrected chi connectivity index (χ4v) is 3.80. The second kappa shape index (κ2) is 8.16. The van der Waals surface area contributed by atoms with Gasteiger partial charge in [0.05, 0.1) is 5.75 Å². The molecule has 2 heterocycles. The van der Waals surface area contributed by atoms with E-state index in [4.69, 9.17) is 13.9 Å². The zero-order chi connectivity index (χ0) is 20.4. The molecule has 0 fully saturated rings. The summed E-state index contributed by atoms with van der Waals surface area (Å²) >= 11 is 1.18. The quantitative estimate of drug-likeness (QED) is 0.629. The highest BCUT2D eigenvalue weighted by Crippen LogP contribution is 2.36. The third kappa shape index (κ3) is 4.37. The van der Waals surface area contributed by atoms with E-state index in [1.807, 2.05) is 57.2 Å². The summed E-state index contributed by atoms with van der Waals surface area (Å²) in [6.45, 7) is 6.29. The van der Waals surface area contributed by atoms with Crippen molar-refractivity contribution in [3.8, 4) is 11.5 Å². The number of amides is 1.